The Balaban J connectivity index is 2.00. The lowest BCUT2D eigenvalue weighted by Crippen LogP contribution is -2.55. The molecule has 2 heterocycles. The van der Waals surface area contributed by atoms with Crippen LogP contribution in [0, 0.1) is 5.92 Å². The van der Waals surface area contributed by atoms with Crippen LogP contribution in [0.25, 0.3) is 0 Å². The van der Waals surface area contributed by atoms with E-state index in [0.29, 0.717) is 44.4 Å². The van der Waals surface area contributed by atoms with E-state index >= 15 is 0 Å². The zero-order valence-electron chi connectivity index (χ0n) is 16.0. The molecule has 0 aromatic heterocycles. The minimum atomic E-state index is -1.12. The number of phenolic OH excluding ortho intramolecular Hbond substituents is 1. The summed E-state index contributed by atoms with van der Waals surface area (Å²) in [6.07, 6.45) is 0. The topological polar surface area (TPSA) is 110 Å². The van der Waals surface area contributed by atoms with Crippen molar-refractivity contribution in [1.82, 2.24) is 10.2 Å². The summed E-state index contributed by atoms with van der Waals surface area (Å²) in [5, 5.41) is 12.7. The van der Waals surface area contributed by atoms with Crippen molar-refractivity contribution < 1.29 is 28.9 Å². The average Bonchev–Trinajstić information content (AvgIpc) is 2.70. The van der Waals surface area contributed by atoms with Gasteiger partial charge in [-0.2, -0.15) is 0 Å². The molecule has 2 aliphatic rings. The molecule has 9 heteroatoms. The number of phenols is 1. The van der Waals surface area contributed by atoms with Gasteiger partial charge in [0.05, 0.1) is 26.4 Å². The molecule has 0 spiro atoms. The summed E-state index contributed by atoms with van der Waals surface area (Å²) < 4.78 is 15.9. The fraction of sp³-hybridized carbons (Fsp3) is 0.526. The van der Waals surface area contributed by atoms with E-state index in [1.165, 1.54) is 6.07 Å². The highest BCUT2D eigenvalue weighted by molar-refractivity contribution is 6.08. The standard InChI is InChI=1S/C19H25N3O6/c1-3-27-14-11-12(5-6-13(14)23)16-15(18(25)28-4-2)17(24)21-19(20-16)22-7-9-26-10-8-22/h5-6,11,15-16,23H,3-4,7-10H2,1-2H3,(H,20,21,24)/t15-,16-/m0/s1. The van der Waals surface area contributed by atoms with Crippen LogP contribution >= 0.6 is 0 Å². The molecular formula is C19H25N3O6. The van der Waals surface area contributed by atoms with Crippen LogP contribution in [0.5, 0.6) is 11.5 Å². The van der Waals surface area contributed by atoms with Crippen LogP contribution in [0.2, 0.25) is 0 Å². The number of nitrogens with one attached hydrogen (secondary N) is 1. The number of hydrogen-bond acceptors (Lipinski definition) is 8. The molecule has 0 unspecified atom stereocenters. The lowest BCUT2D eigenvalue weighted by molar-refractivity contribution is -0.153. The number of hydrogen-bond donors (Lipinski definition) is 2. The first kappa shape index (κ1) is 19.9. The predicted molar refractivity (Wildman–Crippen MR) is 100 cm³/mol. The number of morpholine rings is 1. The summed E-state index contributed by atoms with van der Waals surface area (Å²) in [5.41, 5.74) is 0.583. The number of benzene rings is 1. The van der Waals surface area contributed by atoms with E-state index in [2.05, 4.69) is 10.3 Å². The highest BCUT2D eigenvalue weighted by Gasteiger charge is 2.42. The molecule has 1 saturated heterocycles. The number of carbonyl (C=O) groups is 2. The van der Waals surface area contributed by atoms with Crippen LogP contribution in [-0.2, 0) is 19.1 Å². The van der Waals surface area contributed by atoms with E-state index in [9.17, 15) is 14.7 Å². The maximum atomic E-state index is 12.8. The van der Waals surface area contributed by atoms with Gasteiger partial charge in [0, 0.05) is 13.1 Å². The maximum Gasteiger partial charge on any atom is 0.321 e. The van der Waals surface area contributed by atoms with Crippen LogP contribution in [-0.4, -0.2) is 67.4 Å². The highest BCUT2D eigenvalue weighted by atomic mass is 16.5. The largest absolute Gasteiger partial charge is 0.504 e. The Bertz CT molecular complexity index is 760. The van der Waals surface area contributed by atoms with Gasteiger partial charge in [0.25, 0.3) is 0 Å². The Kier molecular flexibility index (Phi) is 6.35. The monoisotopic (exact) mass is 391 g/mol. The molecular weight excluding hydrogens is 366 g/mol. The van der Waals surface area contributed by atoms with Crippen molar-refractivity contribution >= 4 is 17.8 Å². The molecule has 0 radical (unpaired) electrons. The number of ether oxygens (including phenoxy) is 3. The zero-order valence-corrected chi connectivity index (χ0v) is 16.0. The third-order valence-electron chi connectivity index (χ3n) is 4.57. The van der Waals surface area contributed by atoms with Gasteiger partial charge in [-0.3, -0.25) is 14.9 Å². The van der Waals surface area contributed by atoms with Crippen molar-refractivity contribution in [3.63, 3.8) is 0 Å². The molecule has 3 rings (SSSR count). The number of amides is 1. The fourth-order valence-electron chi connectivity index (χ4n) is 3.23. The SMILES string of the molecule is CCOC(=O)[C@@H]1C(=O)NC(N2CCOCC2)=N[C@H]1c1ccc(O)c(OCC)c1. The summed E-state index contributed by atoms with van der Waals surface area (Å²) in [6, 6.07) is 3.92. The number of aliphatic imine (C=N–C) groups is 1. The molecule has 1 amide bonds. The fourth-order valence-corrected chi connectivity index (χ4v) is 3.23. The van der Waals surface area contributed by atoms with E-state index in [-0.39, 0.29) is 18.1 Å². The van der Waals surface area contributed by atoms with Crippen LogP contribution in [0.4, 0.5) is 0 Å². The third-order valence-corrected chi connectivity index (χ3v) is 4.57. The molecule has 28 heavy (non-hydrogen) atoms. The highest BCUT2D eigenvalue weighted by Crippen LogP contribution is 2.36. The Morgan fingerprint density at radius 2 is 2.07 bits per heavy atom. The van der Waals surface area contributed by atoms with Gasteiger partial charge in [0.1, 0.15) is 6.04 Å². The molecule has 2 N–H and O–H groups in total. The van der Waals surface area contributed by atoms with Crippen molar-refractivity contribution in [2.75, 3.05) is 39.5 Å². The molecule has 1 fully saturated rings. The minimum Gasteiger partial charge on any atom is -0.504 e. The lowest BCUT2D eigenvalue weighted by atomic mass is 9.91. The van der Waals surface area contributed by atoms with Gasteiger partial charge in [-0.1, -0.05) is 6.07 Å². The molecule has 2 aliphatic heterocycles. The molecule has 9 nitrogen and oxygen atoms in total. The van der Waals surface area contributed by atoms with E-state index in [1.807, 2.05) is 4.90 Å². The van der Waals surface area contributed by atoms with E-state index in [1.54, 1.807) is 26.0 Å². The third kappa shape index (κ3) is 4.19. The Morgan fingerprint density at radius 3 is 2.75 bits per heavy atom. The van der Waals surface area contributed by atoms with Crippen LogP contribution in [0.3, 0.4) is 0 Å². The van der Waals surface area contributed by atoms with Crippen LogP contribution < -0.4 is 10.1 Å². The van der Waals surface area contributed by atoms with Crippen molar-refractivity contribution in [2.24, 2.45) is 10.9 Å². The van der Waals surface area contributed by atoms with Gasteiger partial charge in [0.15, 0.2) is 17.4 Å². The molecule has 152 valence electrons. The Labute approximate surface area is 163 Å². The zero-order chi connectivity index (χ0) is 20.1. The first-order valence-electron chi connectivity index (χ1n) is 9.38. The number of aromatic hydroxyl groups is 1. The second-order valence-corrected chi connectivity index (χ2v) is 6.38. The summed E-state index contributed by atoms with van der Waals surface area (Å²) in [7, 11) is 0. The van der Waals surface area contributed by atoms with Crippen molar-refractivity contribution in [2.45, 2.75) is 19.9 Å². The average molecular weight is 391 g/mol. The van der Waals surface area contributed by atoms with Crippen LogP contribution in [0.15, 0.2) is 23.2 Å². The quantitative estimate of drug-likeness (QED) is 0.565. The number of carbonyl (C=O) groups excluding carboxylic acids is 2. The normalized spacial score (nSPS) is 22.3. The minimum absolute atomic E-state index is 0.0177. The molecule has 1 aromatic rings. The van der Waals surface area contributed by atoms with Crippen LogP contribution in [0.1, 0.15) is 25.5 Å². The first-order chi connectivity index (χ1) is 13.5. The summed E-state index contributed by atoms with van der Waals surface area (Å²) in [6.45, 7) is 6.27. The van der Waals surface area contributed by atoms with Gasteiger partial charge in [-0.05, 0) is 31.5 Å². The van der Waals surface area contributed by atoms with E-state index in [4.69, 9.17) is 14.2 Å². The second kappa shape index (κ2) is 8.92. The molecule has 2 atom stereocenters. The van der Waals surface area contributed by atoms with Crippen molar-refractivity contribution in [3.8, 4) is 11.5 Å². The van der Waals surface area contributed by atoms with E-state index in [0.717, 1.165) is 0 Å². The van der Waals surface area contributed by atoms with Crippen molar-refractivity contribution in [1.29, 1.82) is 0 Å². The summed E-state index contributed by atoms with van der Waals surface area (Å²) in [4.78, 5) is 31.9. The van der Waals surface area contributed by atoms with E-state index < -0.39 is 23.8 Å². The van der Waals surface area contributed by atoms with Crippen molar-refractivity contribution in [3.05, 3.63) is 23.8 Å². The first-order valence-corrected chi connectivity index (χ1v) is 9.38. The molecule has 1 aromatic carbocycles. The molecule has 0 aliphatic carbocycles. The number of rotatable bonds is 5. The lowest BCUT2D eigenvalue weighted by Gasteiger charge is -2.35. The number of nitrogens with zero attached hydrogens (tertiary/aromatic N) is 2. The van der Waals surface area contributed by atoms with Gasteiger partial charge in [-0.15, -0.1) is 0 Å². The molecule has 0 saturated carbocycles. The second-order valence-electron chi connectivity index (χ2n) is 6.38. The van der Waals surface area contributed by atoms with Gasteiger partial charge >= 0.3 is 5.97 Å². The number of esters is 1. The maximum absolute atomic E-state index is 12.8. The van der Waals surface area contributed by atoms with Gasteiger partial charge in [-0.25, -0.2) is 4.99 Å². The van der Waals surface area contributed by atoms with Gasteiger partial charge < -0.3 is 24.2 Å². The Morgan fingerprint density at radius 1 is 1.32 bits per heavy atom. The smallest absolute Gasteiger partial charge is 0.321 e. The summed E-state index contributed by atoms with van der Waals surface area (Å²) >= 11 is 0. The predicted octanol–water partition coefficient (Wildman–Crippen LogP) is 0.829. The summed E-state index contributed by atoms with van der Waals surface area (Å²) in [5.74, 6) is -1.56. The Hall–Kier alpha value is -2.81. The van der Waals surface area contributed by atoms with Gasteiger partial charge in [0.2, 0.25) is 11.9 Å². The molecule has 0 bridgehead atoms. The number of guanidine groups is 1.